The van der Waals surface area contributed by atoms with Crippen molar-refractivity contribution in [3.8, 4) is 5.75 Å². The predicted octanol–water partition coefficient (Wildman–Crippen LogP) is 2.54. The van der Waals surface area contributed by atoms with Crippen molar-refractivity contribution in [2.24, 2.45) is 0 Å². The molecule has 0 bridgehead atoms. The van der Waals surface area contributed by atoms with E-state index < -0.39 is 0 Å². The van der Waals surface area contributed by atoms with Crippen molar-refractivity contribution in [1.29, 1.82) is 0 Å². The van der Waals surface area contributed by atoms with Gasteiger partial charge in [0.2, 0.25) is 0 Å². The molecule has 0 aliphatic carbocycles. The van der Waals surface area contributed by atoms with Crippen LogP contribution in [-0.4, -0.2) is 19.1 Å². The van der Waals surface area contributed by atoms with Gasteiger partial charge in [-0.05, 0) is 43.3 Å². The molecule has 2 rings (SSSR count). The zero-order valence-electron chi connectivity index (χ0n) is 10.5. The van der Waals surface area contributed by atoms with Crippen LogP contribution in [0.15, 0.2) is 40.8 Å². The molecule has 0 fully saturated rings. The third-order valence-corrected chi connectivity index (χ3v) is 2.43. The van der Waals surface area contributed by atoms with E-state index >= 15 is 0 Å². The Labute approximate surface area is 110 Å². The number of nitrogens with one attached hydrogen (secondary N) is 1. The van der Waals surface area contributed by atoms with Crippen LogP contribution in [0.2, 0.25) is 0 Å². The van der Waals surface area contributed by atoms with Crippen molar-refractivity contribution in [2.75, 3.05) is 13.2 Å². The minimum Gasteiger partial charge on any atom is -0.492 e. The van der Waals surface area contributed by atoms with Gasteiger partial charge in [0.05, 0.1) is 6.54 Å². The molecule has 4 nitrogen and oxygen atoms in total. The van der Waals surface area contributed by atoms with Gasteiger partial charge in [0.1, 0.15) is 23.9 Å². The molecule has 0 unspecified atom stereocenters. The summed E-state index contributed by atoms with van der Waals surface area (Å²) in [6.45, 7) is 2.42. The molecule has 100 valence electrons. The van der Waals surface area contributed by atoms with Crippen molar-refractivity contribution < 1.29 is 18.3 Å². The molecule has 0 radical (unpaired) electrons. The van der Waals surface area contributed by atoms with Crippen LogP contribution in [0.4, 0.5) is 4.39 Å². The molecule has 0 saturated carbocycles. The molecule has 19 heavy (non-hydrogen) atoms. The Kier molecular flexibility index (Phi) is 4.18. The summed E-state index contributed by atoms with van der Waals surface area (Å²) in [6.07, 6.45) is 0. The molecule has 0 saturated heterocycles. The Morgan fingerprint density at radius 3 is 2.63 bits per heavy atom. The van der Waals surface area contributed by atoms with Gasteiger partial charge in [-0.1, -0.05) is 0 Å². The molecule has 1 N–H and O–H groups in total. The zero-order valence-corrected chi connectivity index (χ0v) is 10.5. The summed E-state index contributed by atoms with van der Waals surface area (Å²) in [6, 6.07) is 9.05. The topological polar surface area (TPSA) is 51.5 Å². The van der Waals surface area contributed by atoms with Crippen LogP contribution in [-0.2, 0) is 0 Å². The summed E-state index contributed by atoms with van der Waals surface area (Å²) in [5.41, 5.74) is 0. The number of halogens is 1. The largest absolute Gasteiger partial charge is 0.492 e. The lowest BCUT2D eigenvalue weighted by atomic mass is 10.3. The smallest absolute Gasteiger partial charge is 0.287 e. The van der Waals surface area contributed by atoms with Crippen LogP contribution < -0.4 is 10.1 Å². The maximum Gasteiger partial charge on any atom is 0.287 e. The quantitative estimate of drug-likeness (QED) is 0.843. The number of carbonyl (C=O) groups is 1. The fourth-order valence-electron chi connectivity index (χ4n) is 1.51. The van der Waals surface area contributed by atoms with E-state index in [0.29, 0.717) is 24.7 Å². The van der Waals surface area contributed by atoms with Gasteiger partial charge in [0.25, 0.3) is 5.91 Å². The number of ether oxygens (including phenoxy) is 1. The lowest BCUT2D eigenvalue weighted by Gasteiger charge is -2.06. The summed E-state index contributed by atoms with van der Waals surface area (Å²) in [5.74, 6) is 0.932. The normalized spacial score (nSPS) is 10.2. The lowest BCUT2D eigenvalue weighted by Crippen LogP contribution is -2.27. The summed E-state index contributed by atoms with van der Waals surface area (Å²) in [5, 5.41) is 2.66. The standard InChI is InChI=1S/C14H14FNO3/c1-10-2-7-13(19-10)14(17)16-8-9-18-12-5-3-11(15)4-6-12/h2-7H,8-9H2,1H3,(H,16,17). The number of furan rings is 1. The van der Waals surface area contributed by atoms with E-state index in [9.17, 15) is 9.18 Å². The summed E-state index contributed by atoms with van der Waals surface area (Å²) in [7, 11) is 0. The highest BCUT2D eigenvalue weighted by atomic mass is 19.1. The molecule has 0 aliphatic heterocycles. The zero-order chi connectivity index (χ0) is 13.7. The first kappa shape index (κ1) is 13.1. The number of carbonyl (C=O) groups excluding carboxylic acids is 1. The first-order valence-corrected chi connectivity index (χ1v) is 5.88. The number of rotatable bonds is 5. The monoisotopic (exact) mass is 263 g/mol. The van der Waals surface area contributed by atoms with E-state index in [0.717, 1.165) is 0 Å². The highest BCUT2D eigenvalue weighted by Crippen LogP contribution is 2.10. The molecule has 2 aromatic rings. The van der Waals surface area contributed by atoms with Crippen LogP contribution in [0.1, 0.15) is 16.3 Å². The first-order chi connectivity index (χ1) is 9.15. The van der Waals surface area contributed by atoms with Gasteiger partial charge >= 0.3 is 0 Å². The van der Waals surface area contributed by atoms with Crippen LogP contribution >= 0.6 is 0 Å². The van der Waals surface area contributed by atoms with Gasteiger partial charge in [0, 0.05) is 0 Å². The third-order valence-electron chi connectivity index (χ3n) is 2.43. The van der Waals surface area contributed by atoms with E-state index in [4.69, 9.17) is 9.15 Å². The molecule has 0 spiro atoms. The Morgan fingerprint density at radius 2 is 2.00 bits per heavy atom. The predicted molar refractivity (Wildman–Crippen MR) is 67.7 cm³/mol. The summed E-state index contributed by atoms with van der Waals surface area (Å²) >= 11 is 0. The van der Waals surface area contributed by atoms with Gasteiger partial charge in [-0.25, -0.2) is 4.39 Å². The van der Waals surface area contributed by atoms with Gasteiger partial charge in [0.15, 0.2) is 5.76 Å². The SMILES string of the molecule is Cc1ccc(C(=O)NCCOc2ccc(F)cc2)o1. The molecule has 1 amide bonds. The maximum atomic E-state index is 12.6. The average Bonchev–Trinajstić information content (AvgIpc) is 2.83. The fourth-order valence-corrected chi connectivity index (χ4v) is 1.51. The Bertz CT molecular complexity index is 548. The van der Waals surface area contributed by atoms with E-state index in [1.54, 1.807) is 19.1 Å². The number of aryl methyl sites for hydroxylation is 1. The number of hydrogen-bond donors (Lipinski definition) is 1. The molecule has 0 aliphatic rings. The Balaban J connectivity index is 1.72. The van der Waals surface area contributed by atoms with Crippen LogP contribution in [0.25, 0.3) is 0 Å². The highest BCUT2D eigenvalue weighted by molar-refractivity contribution is 5.91. The second-order valence-corrected chi connectivity index (χ2v) is 3.97. The van der Waals surface area contributed by atoms with Crippen LogP contribution in [0.3, 0.4) is 0 Å². The van der Waals surface area contributed by atoms with E-state index in [1.165, 1.54) is 24.3 Å². The molecule has 5 heteroatoms. The average molecular weight is 263 g/mol. The molecular weight excluding hydrogens is 249 g/mol. The van der Waals surface area contributed by atoms with Gasteiger partial charge < -0.3 is 14.5 Å². The van der Waals surface area contributed by atoms with Crippen molar-refractivity contribution in [1.82, 2.24) is 5.32 Å². The van der Waals surface area contributed by atoms with Crippen molar-refractivity contribution in [3.05, 3.63) is 53.7 Å². The van der Waals surface area contributed by atoms with Crippen molar-refractivity contribution >= 4 is 5.91 Å². The maximum absolute atomic E-state index is 12.6. The Morgan fingerprint density at radius 1 is 1.26 bits per heavy atom. The van der Waals surface area contributed by atoms with Crippen molar-refractivity contribution in [3.63, 3.8) is 0 Å². The van der Waals surface area contributed by atoms with E-state index in [1.807, 2.05) is 0 Å². The van der Waals surface area contributed by atoms with Gasteiger partial charge in [-0.2, -0.15) is 0 Å². The van der Waals surface area contributed by atoms with Gasteiger partial charge in [-0.3, -0.25) is 4.79 Å². The molecule has 0 atom stereocenters. The fraction of sp³-hybridized carbons (Fsp3) is 0.214. The van der Waals surface area contributed by atoms with Gasteiger partial charge in [-0.15, -0.1) is 0 Å². The first-order valence-electron chi connectivity index (χ1n) is 5.88. The lowest BCUT2D eigenvalue weighted by molar-refractivity contribution is 0.0918. The Hall–Kier alpha value is -2.30. The summed E-state index contributed by atoms with van der Waals surface area (Å²) in [4.78, 5) is 11.6. The molecule has 1 heterocycles. The number of hydrogen-bond acceptors (Lipinski definition) is 3. The molecular formula is C14H14FNO3. The third kappa shape index (κ3) is 3.84. The van der Waals surface area contributed by atoms with E-state index in [-0.39, 0.29) is 17.5 Å². The number of amides is 1. The van der Waals surface area contributed by atoms with E-state index in [2.05, 4.69) is 5.32 Å². The number of benzene rings is 1. The van der Waals surface area contributed by atoms with Crippen LogP contribution in [0.5, 0.6) is 5.75 Å². The minimum atomic E-state index is -0.311. The second kappa shape index (κ2) is 6.04. The van der Waals surface area contributed by atoms with Crippen molar-refractivity contribution in [2.45, 2.75) is 6.92 Å². The minimum absolute atomic E-state index is 0.277. The summed E-state index contributed by atoms with van der Waals surface area (Å²) < 4.78 is 23.2. The molecule has 1 aromatic heterocycles. The van der Waals surface area contributed by atoms with Crippen LogP contribution in [0, 0.1) is 12.7 Å². The second-order valence-electron chi connectivity index (χ2n) is 3.97. The molecule has 1 aromatic carbocycles. The highest BCUT2D eigenvalue weighted by Gasteiger charge is 2.08.